The van der Waals surface area contributed by atoms with Gasteiger partial charge in [-0.15, -0.1) is 0 Å². The number of fused-ring (bicyclic) bond motifs is 1. The van der Waals surface area contributed by atoms with Crippen LogP contribution in [0.1, 0.15) is 5.56 Å². The molecular formula is C10H9BrN. The zero-order valence-electron chi connectivity index (χ0n) is 6.79. The Morgan fingerprint density at radius 3 is 2.83 bits per heavy atom. The van der Waals surface area contributed by atoms with E-state index in [-0.39, 0.29) is 17.0 Å². The van der Waals surface area contributed by atoms with Gasteiger partial charge in [0.1, 0.15) is 0 Å². The molecule has 0 atom stereocenters. The van der Waals surface area contributed by atoms with Crippen LogP contribution in [-0.4, -0.2) is 4.98 Å². The van der Waals surface area contributed by atoms with Gasteiger partial charge in [-0.05, 0) is 24.6 Å². The van der Waals surface area contributed by atoms with Gasteiger partial charge in [0.05, 0.1) is 5.52 Å². The van der Waals surface area contributed by atoms with Crippen molar-refractivity contribution in [3.8, 4) is 0 Å². The molecule has 2 heteroatoms. The molecule has 0 aliphatic carbocycles. The van der Waals surface area contributed by atoms with E-state index >= 15 is 0 Å². The van der Waals surface area contributed by atoms with Crippen molar-refractivity contribution in [2.75, 3.05) is 0 Å². The summed E-state index contributed by atoms with van der Waals surface area (Å²) in [5.74, 6) is 0. The van der Waals surface area contributed by atoms with E-state index in [4.69, 9.17) is 0 Å². The van der Waals surface area contributed by atoms with Crippen LogP contribution in [-0.2, 0) is 0 Å². The number of hydrogen-bond donors (Lipinski definition) is 0. The average Bonchev–Trinajstić information content (AvgIpc) is 2.04. The van der Waals surface area contributed by atoms with Crippen molar-refractivity contribution in [3.63, 3.8) is 0 Å². The fourth-order valence-corrected chi connectivity index (χ4v) is 1.18. The molecule has 61 valence electrons. The molecule has 0 saturated carbocycles. The van der Waals surface area contributed by atoms with Gasteiger partial charge in [0.25, 0.3) is 0 Å². The average molecular weight is 223 g/mol. The lowest BCUT2D eigenvalue weighted by atomic mass is 10.1. The van der Waals surface area contributed by atoms with Crippen LogP contribution in [0.5, 0.6) is 0 Å². The van der Waals surface area contributed by atoms with Crippen LogP contribution in [0.2, 0.25) is 0 Å². The Morgan fingerprint density at radius 2 is 2.00 bits per heavy atom. The Kier molecular flexibility index (Phi) is 2.82. The molecule has 2 aromatic rings. The molecule has 1 radical (unpaired) electrons. The van der Waals surface area contributed by atoms with Gasteiger partial charge < -0.3 is 0 Å². The van der Waals surface area contributed by atoms with E-state index in [2.05, 4.69) is 36.2 Å². The molecule has 0 saturated heterocycles. The van der Waals surface area contributed by atoms with Gasteiger partial charge in [0, 0.05) is 28.6 Å². The van der Waals surface area contributed by atoms with Crippen LogP contribution in [0.4, 0.5) is 0 Å². The lowest BCUT2D eigenvalue weighted by Gasteiger charge is -1.95. The summed E-state index contributed by atoms with van der Waals surface area (Å²) in [5, 5.41) is 1.21. The fraction of sp³-hybridized carbons (Fsp3) is 0.100. The summed E-state index contributed by atoms with van der Waals surface area (Å²) >= 11 is 0. The zero-order chi connectivity index (χ0) is 7.68. The summed E-state index contributed by atoms with van der Waals surface area (Å²) < 4.78 is 0. The molecule has 1 aromatic carbocycles. The van der Waals surface area contributed by atoms with Gasteiger partial charge in [0.15, 0.2) is 0 Å². The lowest BCUT2D eigenvalue weighted by Crippen LogP contribution is -1.77. The number of rotatable bonds is 0. The zero-order valence-corrected chi connectivity index (χ0v) is 8.38. The summed E-state index contributed by atoms with van der Waals surface area (Å²) in [5.41, 5.74) is 2.34. The maximum absolute atomic E-state index is 4.24. The van der Waals surface area contributed by atoms with E-state index in [0.29, 0.717) is 0 Å². The molecule has 1 aromatic heterocycles. The first-order valence-corrected chi connectivity index (χ1v) is 3.68. The van der Waals surface area contributed by atoms with Gasteiger partial charge in [0.2, 0.25) is 0 Å². The van der Waals surface area contributed by atoms with Crippen LogP contribution >= 0.6 is 17.0 Å². The van der Waals surface area contributed by atoms with E-state index in [1.165, 1.54) is 10.9 Å². The fourth-order valence-electron chi connectivity index (χ4n) is 1.18. The third-order valence-corrected chi connectivity index (χ3v) is 1.76. The first-order valence-electron chi connectivity index (χ1n) is 3.68. The number of hydrogen-bond acceptors (Lipinski definition) is 1. The van der Waals surface area contributed by atoms with Crippen LogP contribution < -0.4 is 0 Å². The number of nitrogens with zero attached hydrogens (tertiary/aromatic N) is 1. The van der Waals surface area contributed by atoms with Crippen LogP contribution in [0.25, 0.3) is 10.9 Å². The summed E-state index contributed by atoms with van der Waals surface area (Å²) in [7, 11) is 0. The molecule has 0 N–H and O–H groups in total. The van der Waals surface area contributed by atoms with Gasteiger partial charge in [-0.2, -0.15) is 0 Å². The van der Waals surface area contributed by atoms with Gasteiger partial charge >= 0.3 is 0 Å². The molecule has 0 fully saturated rings. The highest BCUT2D eigenvalue weighted by atomic mass is 79.9. The number of halogens is 1. The second-order valence-corrected chi connectivity index (χ2v) is 2.70. The monoisotopic (exact) mass is 222 g/mol. The number of aryl methyl sites for hydroxylation is 1. The Morgan fingerprint density at radius 1 is 1.17 bits per heavy atom. The lowest BCUT2D eigenvalue weighted by molar-refractivity contribution is 1.39. The normalized spacial score (nSPS) is 9.42. The predicted molar refractivity (Wildman–Crippen MR) is 55.4 cm³/mol. The van der Waals surface area contributed by atoms with Gasteiger partial charge in [-0.25, -0.2) is 0 Å². The highest BCUT2D eigenvalue weighted by Gasteiger charge is 1.90. The van der Waals surface area contributed by atoms with Crippen molar-refractivity contribution in [1.82, 2.24) is 4.98 Å². The second-order valence-electron chi connectivity index (χ2n) is 2.70. The first-order chi connectivity index (χ1) is 5.36. The molecule has 0 aliphatic rings. The van der Waals surface area contributed by atoms with E-state index < -0.39 is 0 Å². The molecule has 0 spiro atoms. The second kappa shape index (κ2) is 3.68. The van der Waals surface area contributed by atoms with Crippen LogP contribution in [0.3, 0.4) is 0 Å². The van der Waals surface area contributed by atoms with E-state index in [1.807, 2.05) is 12.3 Å². The largest absolute Gasteiger partial charge is 0.256 e. The van der Waals surface area contributed by atoms with E-state index in [9.17, 15) is 0 Å². The molecular weight excluding hydrogens is 214 g/mol. The van der Waals surface area contributed by atoms with Crippen LogP contribution in [0, 0.1) is 6.92 Å². The van der Waals surface area contributed by atoms with E-state index in [0.717, 1.165) is 5.52 Å². The number of aromatic nitrogens is 1. The van der Waals surface area contributed by atoms with Gasteiger partial charge in [-0.3, -0.25) is 4.98 Å². The number of benzene rings is 1. The Balaban J connectivity index is 0.000000720. The molecule has 0 bridgehead atoms. The number of pyridine rings is 1. The summed E-state index contributed by atoms with van der Waals surface area (Å²) in [6.45, 7) is 2.08. The van der Waals surface area contributed by atoms with Crippen molar-refractivity contribution in [3.05, 3.63) is 42.1 Å². The van der Waals surface area contributed by atoms with Crippen LogP contribution in [0.15, 0.2) is 36.5 Å². The molecule has 1 heterocycles. The van der Waals surface area contributed by atoms with Crippen molar-refractivity contribution < 1.29 is 0 Å². The van der Waals surface area contributed by atoms with E-state index in [1.54, 1.807) is 0 Å². The van der Waals surface area contributed by atoms with Crippen molar-refractivity contribution in [2.45, 2.75) is 6.92 Å². The molecule has 12 heavy (non-hydrogen) atoms. The van der Waals surface area contributed by atoms with Gasteiger partial charge in [-0.1, -0.05) is 18.2 Å². The quantitative estimate of drug-likeness (QED) is 0.667. The van der Waals surface area contributed by atoms with Crippen molar-refractivity contribution >= 4 is 27.9 Å². The molecule has 0 aliphatic heterocycles. The highest BCUT2D eigenvalue weighted by molar-refractivity contribution is 8.93. The summed E-state index contributed by atoms with van der Waals surface area (Å²) in [6, 6.07) is 10.3. The predicted octanol–water partition coefficient (Wildman–Crippen LogP) is 3.39. The topological polar surface area (TPSA) is 12.9 Å². The minimum absolute atomic E-state index is 0. The molecule has 0 amide bonds. The minimum Gasteiger partial charge on any atom is -0.256 e. The summed E-state index contributed by atoms with van der Waals surface area (Å²) in [4.78, 5) is 4.24. The third-order valence-electron chi connectivity index (χ3n) is 1.76. The van der Waals surface area contributed by atoms with Crippen molar-refractivity contribution in [1.29, 1.82) is 0 Å². The SMILES string of the molecule is Cc1ccc2cccnc2c1.[Br]. The molecule has 1 nitrogen and oxygen atoms in total. The maximum Gasteiger partial charge on any atom is 0.0704 e. The molecule has 0 unspecified atom stereocenters. The van der Waals surface area contributed by atoms with Crippen molar-refractivity contribution in [2.24, 2.45) is 0 Å². The summed E-state index contributed by atoms with van der Waals surface area (Å²) in [6.07, 6.45) is 1.82. The smallest absolute Gasteiger partial charge is 0.0704 e. The maximum atomic E-state index is 4.24. The Hall–Kier alpha value is -0.890. The highest BCUT2D eigenvalue weighted by Crippen LogP contribution is 2.11. The standard InChI is InChI=1S/C10H9N.Br/c1-8-4-5-9-3-2-6-11-10(9)7-8;/h2-7H,1H3;. The minimum atomic E-state index is 0. The third kappa shape index (κ3) is 1.64. The Labute approximate surface area is 82.2 Å². The first kappa shape index (κ1) is 9.20. The Bertz CT molecular complexity index is 384. The molecule has 2 rings (SSSR count).